The SMILES string of the molecule is CC(O)CCNC(=O)c1ccc(NC(=O)c2ccco2)s1. The van der Waals surface area contributed by atoms with Crippen LogP contribution < -0.4 is 10.6 Å². The zero-order chi connectivity index (χ0) is 15.2. The number of hydrogen-bond acceptors (Lipinski definition) is 5. The minimum atomic E-state index is -0.447. The topological polar surface area (TPSA) is 91.6 Å². The third-order valence-electron chi connectivity index (χ3n) is 2.66. The number of thiophene rings is 1. The Morgan fingerprint density at radius 3 is 2.81 bits per heavy atom. The second-order valence-corrected chi connectivity index (χ2v) is 5.57. The average molecular weight is 308 g/mol. The van der Waals surface area contributed by atoms with E-state index in [1.165, 1.54) is 17.6 Å². The fourth-order valence-corrected chi connectivity index (χ4v) is 2.41. The van der Waals surface area contributed by atoms with Crippen molar-refractivity contribution in [1.29, 1.82) is 0 Å². The number of aliphatic hydroxyl groups excluding tert-OH is 1. The van der Waals surface area contributed by atoms with Crippen LogP contribution in [0.4, 0.5) is 5.00 Å². The summed E-state index contributed by atoms with van der Waals surface area (Å²) in [5.41, 5.74) is 0. The molecule has 2 rings (SSSR count). The van der Waals surface area contributed by atoms with E-state index < -0.39 is 6.10 Å². The maximum atomic E-state index is 11.8. The van der Waals surface area contributed by atoms with Crippen molar-refractivity contribution in [2.75, 3.05) is 11.9 Å². The molecule has 0 aromatic carbocycles. The van der Waals surface area contributed by atoms with Gasteiger partial charge in [0.2, 0.25) is 0 Å². The Hall–Kier alpha value is -2.12. The normalized spacial score (nSPS) is 11.9. The van der Waals surface area contributed by atoms with Gasteiger partial charge in [0.05, 0.1) is 22.2 Å². The number of furan rings is 1. The van der Waals surface area contributed by atoms with Crippen molar-refractivity contribution in [3.63, 3.8) is 0 Å². The standard InChI is InChI=1S/C14H16N2O4S/c1-9(17)6-7-15-14(19)11-4-5-12(21-11)16-13(18)10-3-2-8-20-10/h2-5,8-9,17H,6-7H2,1H3,(H,15,19)(H,16,18). The first-order chi connectivity index (χ1) is 10.1. The van der Waals surface area contributed by atoms with Gasteiger partial charge in [-0.05, 0) is 37.6 Å². The third kappa shape index (κ3) is 4.44. The molecule has 7 heteroatoms. The minimum absolute atomic E-state index is 0.214. The lowest BCUT2D eigenvalue weighted by atomic mass is 10.3. The highest BCUT2D eigenvalue weighted by atomic mass is 32.1. The van der Waals surface area contributed by atoms with Gasteiger partial charge in [-0.2, -0.15) is 0 Å². The smallest absolute Gasteiger partial charge is 0.291 e. The number of anilines is 1. The molecule has 0 fully saturated rings. The lowest BCUT2D eigenvalue weighted by Crippen LogP contribution is -2.25. The minimum Gasteiger partial charge on any atom is -0.459 e. The first-order valence-electron chi connectivity index (χ1n) is 6.47. The summed E-state index contributed by atoms with van der Waals surface area (Å²) in [4.78, 5) is 24.1. The van der Waals surface area contributed by atoms with E-state index in [0.29, 0.717) is 22.8 Å². The Kier molecular flexibility index (Phi) is 5.13. The lowest BCUT2D eigenvalue weighted by molar-refractivity contribution is 0.0948. The molecule has 2 amide bonds. The second kappa shape index (κ2) is 7.05. The van der Waals surface area contributed by atoms with Gasteiger partial charge in [0.1, 0.15) is 0 Å². The summed E-state index contributed by atoms with van der Waals surface area (Å²) >= 11 is 1.18. The number of rotatable bonds is 6. The van der Waals surface area contributed by atoms with Gasteiger partial charge in [0.25, 0.3) is 11.8 Å². The fourth-order valence-electron chi connectivity index (χ4n) is 1.59. The zero-order valence-corrected chi connectivity index (χ0v) is 12.3. The van der Waals surface area contributed by atoms with Crippen molar-refractivity contribution in [2.24, 2.45) is 0 Å². The van der Waals surface area contributed by atoms with Crippen LogP contribution >= 0.6 is 11.3 Å². The Morgan fingerprint density at radius 2 is 2.14 bits per heavy atom. The number of aliphatic hydroxyl groups is 1. The highest BCUT2D eigenvalue weighted by Gasteiger charge is 2.13. The van der Waals surface area contributed by atoms with Gasteiger partial charge in [-0.1, -0.05) is 0 Å². The molecule has 0 saturated carbocycles. The van der Waals surface area contributed by atoms with E-state index in [1.807, 2.05) is 0 Å². The van der Waals surface area contributed by atoms with Crippen molar-refractivity contribution < 1.29 is 19.1 Å². The van der Waals surface area contributed by atoms with Crippen LogP contribution in [0.2, 0.25) is 0 Å². The van der Waals surface area contributed by atoms with E-state index >= 15 is 0 Å². The van der Waals surface area contributed by atoms with Gasteiger partial charge in [-0.15, -0.1) is 11.3 Å². The van der Waals surface area contributed by atoms with E-state index in [9.17, 15) is 9.59 Å². The number of carbonyl (C=O) groups is 2. The third-order valence-corrected chi connectivity index (χ3v) is 3.66. The van der Waals surface area contributed by atoms with Gasteiger partial charge >= 0.3 is 0 Å². The first-order valence-corrected chi connectivity index (χ1v) is 7.29. The molecule has 6 nitrogen and oxygen atoms in total. The number of carbonyl (C=O) groups excluding carboxylic acids is 2. The van der Waals surface area contributed by atoms with Gasteiger partial charge in [0, 0.05) is 6.54 Å². The Labute approximate surface area is 125 Å². The summed E-state index contributed by atoms with van der Waals surface area (Å²) in [5, 5.41) is 15.1. The predicted molar refractivity (Wildman–Crippen MR) is 79.6 cm³/mol. The summed E-state index contributed by atoms with van der Waals surface area (Å²) in [6, 6.07) is 6.49. The van der Waals surface area contributed by atoms with Crippen LogP contribution in [0.5, 0.6) is 0 Å². The van der Waals surface area contributed by atoms with Crippen molar-refractivity contribution >= 4 is 28.2 Å². The molecule has 2 aromatic rings. The Balaban J connectivity index is 1.89. The van der Waals surface area contributed by atoms with E-state index in [0.717, 1.165) is 0 Å². The number of hydrogen-bond donors (Lipinski definition) is 3. The zero-order valence-electron chi connectivity index (χ0n) is 11.5. The largest absolute Gasteiger partial charge is 0.459 e. The lowest BCUT2D eigenvalue weighted by Gasteiger charge is -2.05. The molecule has 2 aromatic heterocycles. The molecule has 0 spiro atoms. The van der Waals surface area contributed by atoms with Crippen molar-refractivity contribution in [1.82, 2.24) is 5.32 Å². The van der Waals surface area contributed by atoms with Crippen LogP contribution in [0.3, 0.4) is 0 Å². The Bertz CT molecular complexity index is 604. The summed E-state index contributed by atoms with van der Waals surface area (Å²) in [7, 11) is 0. The van der Waals surface area contributed by atoms with Gasteiger partial charge in [-0.25, -0.2) is 0 Å². The van der Waals surface area contributed by atoms with Gasteiger partial charge in [0.15, 0.2) is 5.76 Å². The van der Waals surface area contributed by atoms with Crippen molar-refractivity contribution in [2.45, 2.75) is 19.4 Å². The molecule has 0 radical (unpaired) electrons. The maximum Gasteiger partial charge on any atom is 0.291 e. The van der Waals surface area contributed by atoms with E-state index in [2.05, 4.69) is 10.6 Å². The fraction of sp³-hybridized carbons (Fsp3) is 0.286. The molecule has 0 saturated heterocycles. The number of amides is 2. The average Bonchev–Trinajstić information content (AvgIpc) is 3.09. The molecule has 3 N–H and O–H groups in total. The quantitative estimate of drug-likeness (QED) is 0.762. The summed E-state index contributed by atoms with van der Waals surface area (Å²) in [6.07, 6.45) is 1.47. The van der Waals surface area contributed by atoms with E-state index in [-0.39, 0.29) is 17.6 Å². The second-order valence-electron chi connectivity index (χ2n) is 4.49. The molecule has 112 valence electrons. The highest BCUT2D eigenvalue weighted by molar-refractivity contribution is 7.18. The molecular formula is C14H16N2O4S. The molecule has 1 atom stereocenters. The molecule has 2 heterocycles. The molecule has 0 bridgehead atoms. The summed E-state index contributed by atoms with van der Waals surface area (Å²) in [6.45, 7) is 2.07. The van der Waals surface area contributed by atoms with Crippen LogP contribution in [0.15, 0.2) is 34.9 Å². The Morgan fingerprint density at radius 1 is 1.33 bits per heavy atom. The summed E-state index contributed by atoms with van der Waals surface area (Å²) < 4.78 is 4.99. The molecule has 1 unspecified atom stereocenters. The van der Waals surface area contributed by atoms with Crippen LogP contribution in [0.1, 0.15) is 33.6 Å². The van der Waals surface area contributed by atoms with Gasteiger partial charge < -0.3 is 20.2 Å². The molecular weight excluding hydrogens is 292 g/mol. The van der Waals surface area contributed by atoms with Crippen molar-refractivity contribution in [3.8, 4) is 0 Å². The van der Waals surface area contributed by atoms with Crippen LogP contribution in [-0.4, -0.2) is 29.6 Å². The molecule has 0 aliphatic carbocycles. The number of nitrogens with one attached hydrogen (secondary N) is 2. The predicted octanol–water partition coefficient (Wildman–Crippen LogP) is 2.09. The van der Waals surface area contributed by atoms with Crippen LogP contribution in [0, 0.1) is 0 Å². The maximum absolute atomic E-state index is 11.8. The molecule has 0 aliphatic heterocycles. The molecule has 21 heavy (non-hydrogen) atoms. The van der Waals surface area contributed by atoms with Gasteiger partial charge in [-0.3, -0.25) is 9.59 Å². The first kappa shape index (κ1) is 15.3. The van der Waals surface area contributed by atoms with Crippen LogP contribution in [-0.2, 0) is 0 Å². The van der Waals surface area contributed by atoms with E-state index in [1.54, 1.807) is 31.2 Å². The van der Waals surface area contributed by atoms with E-state index in [4.69, 9.17) is 9.52 Å². The highest BCUT2D eigenvalue weighted by Crippen LogP contribution is 2.22. The monoisotopic (exact) mass is 308 g/mol. The van der Waals surface area contributed by atoms with Crippen LogP contribution in [0.25, 0.3) is 0 Å². The molecule has 0 aliphatic rings. The summed E-state index contributed by atoms with van der Waals surface area (Å²) in [5.74, 6) is -0.367. The van der Waals surface area contributed by atoms with Crippen molar-refractivity contribution in [3.05, 3.63) is 41.2 Å².